The van der Waals surface area contributed by atoms with E-state index < -0.39 is 5.25 Å². The highest BCUT2D eigenvalue weighted by Crippen LogP contribution is 2.30. The predicted molar refractivity (Wildman–Crippen MR) is 108 cm³/mol. The lowest BCUT2D eigenvalue weighted by Crippen LogP contribution is -2.21. The van der Waals surface area contributed by atoms with E-state index in [1.807, 2.05) is 74.4 Å². The molecule has 5 nitrogen and oxygen atoms in total. The molecule has 0 saturated heterocycles. The molecule has 0 aromatic heterocycles. The first-order chi connectivity index (χ1) is 12.4. The molecule has 1 atom stereocenters. The second-order valence-electron chi connectivity index (χ2n) is 6.42. The minimum atomic E-state index is -0.469. The van der Waals surface area contributed by atoms with E-state index in [9.17, 15) is 9.59 Å². The van der Waals surface area contributed by atoms with Gasteiger partial charge in [0.05, 0.1) is 0 Å². The molecule has 1 aliphatic heterocycles. The van der Waals surface area contributed by atoms with Gasteiger partial charge in [-0.2, -0.15) is 0 Å². The summed E-state index contributed by atoms with van der Waals surface area (Å²) >= 11 is 1.35. The molecule has 2 aromatic carbocycles. The fraction of sp³-hybridized carbons (Fsp3) is 0.250. The van der Waals surface area contributed by atoms with Gasteiger partial charge in [-0.1, -0.05) is 41.6 Å². The number of carbonyl (C=O) groups excluding carboxylic acids is 2. The zero-order valence-electron chi connectivity index (χ0n) is 15.0. The van der Waals surface area contributed by atoms with E-state index in [0.717, 1.165) is 22.5 Å². The van der Waals surface area contributed by atoms with Crippen LogP contribution in [-0.2, 0) is 9.59 Å². The zero-order chi connectivity index (χ0) is 18.7. The molecule has 134 valence electrons. The van der Waals surface area contributed by atoms with E-state index >= 15 is 0 Å². The van der Waals surface area contributed by atoms with Crippen LogP contribution in [-0.4, -0.2) is 36.2 Å². The van der Waals surface area contributed by atoms with Crippen molar-refractivity contribution in [1.29, 1.82) is 0 Å². The fourth-order valence-electron chi connectivity index (χ4n) is 2.56. The number of aliphatic imine (C=N–C) groups is 1. The van der Waals surface area contributed by atoms with Gasteiger partial charge in [-0.05, 0) is 31.2 Å². The molecule has 1 N–H and O–H groups in total. The Bertz CT molecular complexity index is 842. The SMILES string of the molecule is Cc1ccc(NC(=O)C[C@@H]2SC(c3ccc(N(C)C)cc3)=NC2=O)cc1. The maximum Gasteiger partial charge on any atom is 0.260 e. The van der Waals surface area contributed by atoms with Crippen molar-refractivity contribution in [2.24, 2.45) is 4.99 Å². The molecule has 3 rings (SSSR count). The molecule has 0 spiro atoms. The summed E-state index contributed by atoms with van der Waals surface area (Å²) in [6.07, 6.45) is 0.111. The normalized spacial score (nSPS) is 16.3. The van der Waals surface area contributed by atoms with Crippen molar-refractivity contribution in [2.75, 3.05) is 24.3 Å². The summed E-state index contributed by atoms with van der Waals surface area (Å²) in [5.41, 5.74) is 3.84. The zero-order valence-corrected chi connectivity index (χ0v) is 15.8. The number of anilines is 2. The van der Waals surface area contributed by atoms with Crippen LogP contribution >= 0.6 is 11.8 Å². The third kappa shape index (κ3) is 4.32. The van der Waals surface area contributed by atoms with E-state index in [2.05, 4.69) is 10.3 Å². The van der Waals surface area contributed by atoms with Crippen molar-refractivity contribution in [3.63, 3.8) is 0 Å². The van der Waals surface area contributed by atoms with Gasteiger partial charge in [-0.25, -0.2) is 4.99 Å². The van der Waals surface area contributed by atoms with Crippen LogP contribution in [0.25, 0.3) is 0 Å². The Morgan fingerprint density at radius 3 is 2.38 bits per heavy atom. The first-order valence-electron chi connectivity index (χ1n) is 8.36. The van der Waals surface area contributed by atoms with Crippen molar-refractivity contribution in [1.82, 2.24) is 0 Å². The predicted octanol–water partition coefficient (Wildman–Crippen LogP) is 3.48. The largest absolute Gasteiger partial charge is 0.378 e. The summed E-state index contributed by atoms with van der Waals surface area (Å²) in [6.45, 7) is 1.99. The average Bonchev–Trinajstić information content (AvgIpc) is 2.97. The van der Waals surface area contributed by atoms with Gasteiger partial charge < -0.3 is 10.2 Å². The van der Waals surface area contributed by atoms with Crippen LogP contribution in [0.1, 0.15) is 17.5 Å². The number of rotatable bonds is 5. The molecule has 0 saturated carbocycles. The summed E-state index contributed by atoms with van der Waals surface area (Å²) in [5.74, 6) is -0.431. The molecule has 1 aliphatic rings. The first kappa shape index (κ1) is 18.2. The van der Waals surface area contributed by atoms with Gasteiger partial charge in [-0.15, -0.1) is 0 Å². The molecule has 0 bridgehead atoms. The number of hydrogen-bond donors (Lipinski definition) is 1. The van der Waals surface area contributed by atoms with Gasteiger partial charge in [0.15, 0.2) is 0 Å². The molecule has 2 aromatic rings. The second kappa shape index (κ2) is 7.74. The molecule has 1 heterocycles. The van der Waals surface area contributed by atoms with Crippen molar-refractivity contribution >= 4 is 40.0 Å². The van der Waals surface area contributed by atoms with E-state index in [4.69, 9.17) is 0 Å². The summed E-state index contributed by atoms with van der Waals surface area (Å²) in [7, 11) is 3.95. The van der Waals surface area contributed by atoms with E-state index in [-0.39, 0.29) is 18.2 Å². The van der Waals surface area contributed by atoms with Gasteiger partial charge in [0.25, 0.3) is 5.91 Å². The first-order valence-corrected chi connectivity index (χ1v) is 9.24. The molecule has 0 aliphatic carbocycles. The fourth-order valence-corrected chi connectivity index (χ4v) is 3.64. The van der Waals surface area contributed by atoms with Gasteiger partial charge >= 0.3 is 0 Å². The highest BCUT2D eigenvalue weighted by Gasteiger charge is 2.31. The Labute approximate surface area is 157 Å². The van der Waals surface area contributed by atoms with Crippen molar-refractivity contribution in [2.45, 2.75) is 18.6 Å². The number of hydrogen-bond acceptors (Lipinski definition) is 4. The van der Waals surface area contributed by atoms with Crippen molar-refractivity contribution in [3.8, 4) is 0 Å². The van der Waals surface area contributed by atoms with Crippen LogP contribution in [0, 0.1) is 6.92 Å². The van der Waals surface area contributed by atoms with Crippen LogP contribution in [0.15, 0.2) is 53.5 Å². The lowest BCUT2D eigenvalue weighted by atomic mass is 10.2. The summed E-state index contributed by atoms with van der Waals surface area (Å²) in [6, 6.07) is 15.4. The molecular formula is C20H21N3O2S. The maximum absolute atomic E-state index is 12.2. The molecule has 6 heteroatoms. The van der Waals surface area contributed by atoms with Crippen LogP contribution in [0.3, 0.4) is 0 Å². The van der Waals surface area contributed by atoms with Crippen molar-refractivity contribution in [3.05, 3.63) is 59.7 Å². The number of nitrogens with one attached hydrogen (secondary N) is 1. The van der Waals surface area contributed by atoms with Gasteiger partial charge in [0.1, 0.15) is 10.3 Å². The van der Waals surface area contributed by atoms with Gasteiger partial charge in [0.2, 0.25) is 5.91 Å². The lowest BCUT2D eigenvalue weighted by molar-refractivity contribution is -0.121. The summed E-state index contributed by atoms with van der Waals surface area (Å²) < 4.78 is 0. The molecule has 26 heavy (non-hydrogen) atoms. The number of aryl methyl sites for hydroxylation is 1. The smallest absolute Gasteiger partial charge is 0.260 e. The Kier molecular flexibility index (Phi) is 5.42. The van der Waals surface area contributed by atoms with Crippen LogP contribution < -0.4 is 10.2 Å². The molecule has 0 unspecified atom stereocenters. The molecule has 0 fully saturated rings. The van der Waals surface area contributed by atoms with E-state index in [1.54, 1.807) is 0 Å². The monoisotopic (exact) mass is 367 g/mol. The lowest BCUT2D eigenvalue weighted by Gasteiger charge is -2.12. The Hall–Kier alpha value is -2.60. The topological polar surface area (TPSA) is 61.8 Å². The van der Waals surface area contributed by atoms with Crippen LogP contribution in [0.2, 0.25) is 0 Å². The van der Waals surface area contributed by atoms with E-state index in [0.29, 0.717) is 5.04 Å². The summed E-state index contributed by atoms with van der Waals surface area (Å²) in [5, 5.41) is 3.04. The molecule has 2 amide bonds. The quantitative estimate of drug-likeness (QED) is 0.879. The second-order valence-corrected chi connectivity index (χ2v) is 7.61. The number of amides is 2. The number of carbonyl (C=O) groups is 2. The number of thioether (sulfide) groups is 1. The minimum Gasteiger partial charge on any atom is -0.378 e. The summed E-state index contributed by atoms with van der Waals surface area (Å²) in [4.78, 5) is 30.5. The maximum atomic E-state index is 12.2. The Morgan fingerprint density at radius 1 is 1.12 bits per heavy atom. The van der Waals surface area contributed by atoms with Crippen LogP contribution in [0.5, 0.6) is 0 Å². The van der Waals surface area contributed by atoms with E-state index in [1.165, 1.54) is 11.8 Å². The minimum absolute atomic E-state index is 0.111. The molecular weight excluding hydrogens is 346 g/mol. The number of nitrogens with zero attached hydrogens (tertiary/aromatic N) is 2. The Morgan fingerprint density at radius 2 is 1.77 bits per heavy atom. The van der Waals surface area contributed by atoms with Gasteiger partial charge in [0, 0.05) is 37.5 Å². The highest BCUT2D eigenvalue weighted by atomic mass is 32.2. The molecule has 0 radical (unpaired) electrons. The van der Waals surface area contributed by atoms with Crippen LogP contribution in [0.4, 0.5) is 11.4 Å². The highest BCUT2D eigenvalue weighted by molar-refractivity contribution is 8.16. The average molecular weight is 367 g/mol. The van der Waals surface area contributed by atoms with Crippen molar-refractivity contribution < 1.29 is 9.59 Å². The Balaban J connectivity index is 1.60. The third-order valence-electron chi connectivity index (χ3n) is 4.08. The number of benzene rings is 2. The third-order valence-corrected chi connectivity index (χ3v) is 5.28. The standard InChI is InChI=1S/C20H21N3O2S/c1-13-4-8-15(9-5-13)21-18(24)12-17-19(25)22-20(26-17)14-6-10-16(11-7-14)23(2)3/h4-11,17H,12H2,1-3H3,(H,21,24)/t17-/m0/s1. The van der Waals surface area contributed by atoms with Gasteiger partial charge in [-0.3, -0.25) is 9.59 Å².